The van der Waals surface area contributed by atoms with E-state index in [0.717, 1.165) is 6.42 Å². The summed E-state index contributed by atoms with van der Waals surface area (Å²) in [5.74, 6) is 0.602. The number of para-hydroxylation sites is 1. The van der Waals surface area contributed by atoms with Gasteiger partial charge in [0.15, 0.2) is 6.10 Å². The minimum atomic E-state index is -0.487. The van der Waals surface area contributed by atoms with E-state index in [4.69, 9.17) is 9.47 Å². The van der Waals surface area contributed by atoms with Crippen molar-refractivity contribution in [2.24, 2.45) is 0 Å². The van der Waals surface area contributed by atoms with E-state index in [1.807, 2.05) is 37.3 Å². The third-order valence-electron chi connectivity index (χ3n) is 2.39. The molecule has 0 bridgehead atoms. The van der Waals surface area contributed by atoms with Crippen LogP contribution in [-0.2, 0) is 9.53 Å². The smallest absolute Gasteiger partial charge is 0.260 e. The average Bonchev–Trinajstić information content (AvgIpc) is 2.39. The molecule has 1 N–H and O–H groups in total. The van der Waals surface area contributed by atoms with Gasteiger partial charge in [-0.1, -0.05) is 18.2 Å². The van der Waals surface area contributed by atoms with E-state index in [1.54, 1.807) is 6.92 Å². The average molecular weight is 251 g/mol. The molecule has 4 heteroatoms. The van der Waals surface area contributed by atoms with E-state index < -0.39 is 6.10 Å². The van der Waals surface area contributed by atoms with Gasteiger partial charge in [0.1, 0.15) is 5.75 Å². The fourth-order valence-corrected chi connectivity index (χ4v) is 1.43. The Kier molecular flexibility index (Phi) is 6.87. The van der Waals surface area contributed by atoms with Crippen LogP contribution in [0.5, 0.6) is 5.75 Å². The lowest BCUT2D eigenvalue weighted by Crippen LogP contribution is -2.37. The van der Waals surface area contributed by atoms with Crippen molar-refractivity contribution in [1.29, 1.82) is 0 Å². The molecule has 1 rings (SSSR count). The molecule has 4 nitrogen and oxygen atoms in total. The van der Waals surface area contributed by atoms with Crippen molar-refractivity contribution in [2.75, 3.05) is 19.8 Å². The van der Waals surface area contributed by atoms with Gasteiger partial charge >= 0.3 is 0 Å². The van der Waals surface area contributed by atoms with E-state index in [-0.39, 0.29) is 5.91 Å². The first-order valence-corrected chi connectivity index (χ1v) is 6.31. The van der Waals surface area contributed by atoms with Crippen molar-refractivity contribution in [3.63, 3.8) is 0 Å². The predicted molar refractivity (Wildman–Crippen MR) is 70.7 cm³/mol. The normalized spacial score (nSPS) is 11.9. The van der Waals surface area contributed by atoms with Gasteiger partial charge in [-0.05, 0) is 32.4 Å². The molecular weight excluding hydrogens is 230 g/mol. The number of rotatable bonds is 8. The first-order valence-electron chi connectivity index (χ1n) is 6.31. The van der Waals surface area contributed by atoms with Crippen molar-refractivity contribution in [3.8, 4) is 5.75 Å². The van der Waals surface area contributed by atoms with Crippen LogP contribution in [0, 0.1) is 0 Å². The lowest BCUT2D eigenvalue weighted by Gasteiger charge is -2.14. The maximum Gasteiger partial charge on any atom is 0.260 e. The highest BCUT2D eigenvalue weighted by molar-refractivity contribution is 5.80. The quantitative estimate of drug-likeness (QED) is 0.719. The van der Waals surface area contributed by atoms with E-state index in [2.05, 4.69) is 5.32 Å². The van der Waals surface area contributed by atoms with E-state index >= 15 is 0 Å². The number of hydrogen-bond acceptors (Lipinski definition) is 3. The van der Waals surface area contributed by atoms with E-state index in [0.29, 0.717) is 25.5 Å². The molecule has 0 spiro atoms. The fraction of sp³-hybridized carbons (Fsp3) is 0.500. The highest BCUT2D eigenvalue weighted by Crippen LogP contribution is 2.10. The van der Waals surface area contributed by atoms with Crippen LogP contribution in [0.4, 0.5) is 0 Å². The summed E-state index contributed by atoms with van der Waals surface area (Å²) in [6.07, 6.45) is 0.331. The Morgan fingerprint density at radius 1 is 1.33 bits per heavy atom. The number of amides is 1. The van der Waals surface area contributed by atoms with E-state index in [1.165, 1.54) is 0 Å². The summed E-state index contributed by atoms with van der Waals surface area (Å²) in [4.78, 5) is 11.7. The van der Waals surface area contributed by atoms with Crippen molar-refractivity contribution < 1.29 is 14.3 Å². The van der Waals surface area contributed by atoms with Gasteiger partial charge in [-0.3, -0.25) is 4.79 Å². The number of hydrogen-bond donors (Lipinski definition) is 1. The van der Waals surface area contributed by atoms with Gasteiger partial charge in [0.2, 0.25) is 0 Å². The summed E-state index contributed by atoms with van der Waals surface area (Å²) < 4.78 is 10.7. The molecule has 1 aromatic rings. The second kappa shape index (κ2) is 8.53. The Labute approximate surface area is 108 Å². The summed E-state index contributed by atoms with van der Waals surface area (Å²) >= 11 is 0. The van der Waals surface area contributed by atoms with Gasteiger partial charge in [-0.2, -0.15) is 0 Å². The third kappa shape index (κ3) is 5.68. The van der Waals surface area contributed by atoms with Crippen LogP contribution in [-0.4, -0.2) is 31.8 Å². The zero-order chi connectivity index (χ0) is 13.2. The van der Waals surface area contributed by atoms with Gasteiger partial charge in [0.25, 0.3) is 5.91 Å². The highest BCUT2D eigenvalue weighted by atomic mass is 16.5. The van der Waals surface area contributed by atoms with Crippen molar-refractivity contribution >= 4 is 5.91 Å². The van der Waals surface area contributed by atoms with Gasteiger partial charge in [-0.15, -0.1) is 0 Å². The standard InChI is InChI=1S/C14H21NO3/c1-3-17-11-7-10-15-14(16)12(2)18-13-8-5-4-6-9-13/h4-6,8-9,12H,3,7,10-11H2,1-2H3,(H,15,16)/t12-/m0/s1. The van der Waals surface area contributed by atoms with Crippen LogP contribution in [0.3, 0.4) is 0 Å². The fourth-order valence-electron chi connectivity index (χ4n) is 1.43. The molecule has 1 aromatic carbocycles. The third-order valence-corrected chi connectivity index (χ3v) is 2.39. The SMILES string of the molecule is CCOCCCNC(=O)[C@H](C)Oc1ccccc1. The van der Waals surface area contributed by atoms with Crippen LogP contribution in [0.1, 0.15) is 20.3 Å². The molecular formula is C14H21NO3. The number of carbonyl (C=O) groups is 1. The first kappa shape index (κ1) is 14.5. The Bertz CT molecular complexity index is 340. The minimum Gasteiger partial charge on any atom is -0.481 e. The highest BCUT2D eigenvalue weighted by Gasteiger charge is 2.13. The van der Waals surface area contributed by atoms with Crippen LogP contribution in [0.2, 0.25) is 0 Å². The summed E-state index contributed by atoms with van der Waals surface area (Å²) in [6, 6.07) is 9.33. The maximum absolute atomic E-state index is 11.7. The van der Waals surface area contributed by atoms with Crippen molar-refractivity contribution in [2.45, 2.75) is 26.4 Å². The molecule has 0 aromatic heterocycles. The molecule has 0 saturated carbocycles. The summed E-state index contributed by atoms with van der Waals surface area (Å²) in [6.45, 7) is 5.69. The molecule has 0 heterocycles. The monoisotopic (exact) mass is 251 g/mol. The van der Waals surface area contributed by atoms with Crippen LogP contribution in [0.15, 0.2) is 30.3 Å². The molecule has 1 atom stereocenters. The minimum absolute atomic E-state index is 0.102. The lowest BCUT2D eigenvalue weighted by atomic mass is 10.3. The molecule has 0 aliphatic rings. The van der Waals surface area contributed by atoms with Crippen LogP contribution >= 0.6 is 0 Å². The maximum atomic E-state index is 11.7. The lowest BCUT2D eigenvalue weighted by molar-refractivity contribution is -0.127. The second-order valence-corrected chi connectivity index (χ2v) is 3.91. The molecule has 0 aliphatic heterocycles. The van der Waals surface area contributed by atoms with Gasteiger partial charge < -0.3 is 14.8 Å². The molecule has 0 saturated heterocycles. The van der Waals surface area contributed by atoms with Crippen molar-refractivity contribution in [3.05, 3.63) is 30.3 Å². The number of nitrogens with one attached hydrogen (secondary N) is 1. The molecule has 0 radical (unpaired) electrons. The Balaban J connectivity index is 2.21. The molecule has 100 valence electrons. The first-order chi connectivity index (χ1) is 8.74. The molecule has 1 amide bonds. The Morgan fingerprint density at radius 2 is 2.06 bits per heavy atom. The molecule has 0 fully saturated rings. The van der Waals surface area contributed by atoms with Gasteiger partial charge in [-0.25, -0.2) is 0 Å². The van der Waals surface area contributed by atoms with Crippen molar-refractivity contribution in [1.82, 2.24) is 5.32 Å². The van der Waals surface area contributed by atoms with Gasteiger partial charge in [0, 0.05) is 19.8 Å². The van der Waals surface area contributed by atoms with Crippen LogP contribution in [0.25, 0.3) is 0 Å². The van der Waals surface area contributed by atoms with E-state index in [9.17, 15) is 4.79 Å². The molecule has 0 unspecified atom stereocenters. The topological polar surface area (TPSA) is 47.6 Å². The zero-order valence-electron chi connectivity index (χ0n) is 11.0. The number of ether oxygens (including phenoxy) is 2. The van der Waals surface area contributed by atoms with Gasteiger partial charge in [0.05, 0.1) is 0 Å². The molecule has 18 heavy (non-hydrogen) atoms. The summed E-state index contributed by atoms with van der Waals surface area (Å²) in [7, 11) is 0. The largest absolute Gasteiger partial charge is 0.481 e. The number of benzene rings is 1. The predicted octanol–water partition coefficient (Wildman–Crippen LogP) is 2.00. The number of carbonyl (C=O) groups excluding carboxylic acids is 1. The Hall–Kier alpha value is -1.55. The molecule has 0 aliphatic carbocycles. The summed E-state index contributed by atoms with van der Waals surface area (Å²) in [5, 5.41) is 2.82. The second-order valence-electron chi connectivity index (χ2n) is 3.91. The zero-order valence-corrected chi connectivity index (χ0v) is 11.0. The summed E-state index contributed by atoms with van der Waals surface area (Å²) in [5.41, 5.74) is 0. The van der Waals surface area contributed by atoms with Crippen LogP contribution < -0.4 is 10.1 Å². The Morgan fingerprint density at radius 3 is 2.72 bits per heavy atom.